The maximum absolute atomic E-state index is 12.4. The van der Waals surface area contributed by atoms with Crippen LogP contribution in [-0.4, -0.2) is 30.5 Å². The first-order chi connectivity index (χ1) is 13.1. The summed E-state index contributed by atoms with van der Waals surface area (Å²) in [4.78, 5) is 14.8. The summed E-state index contributed by atoms with van der Waals surface area (Å²) in [5, 5.41) is 2.96. The van der Waals surface area contributed by atoms with Crippen molar-refractivity contribution in [3.63, 3.8) is 0 Å². The Morgan fingerprint density at radius 3 is 2.74 bits per heavy atom. The van der Waals surface area contributed by atoms with Crippen molar-refractivity contribution in [2.75, 3.05) is 19.0 Å². The summed E-state index contributed by atoms with van der Waals surface area (Å²) < 4.78 is 11.4. The number of rotatable bonds is 9. The van der Waals surface area contributed by atoms with E-state index in [2.05, 4.69) is 29.3 Å². The van der Waals surface area contributed by atoms with Crippen LogP contribution in [0.15, 0.2) is 40.8 Å². The molecule has 2 aliphatic rings. The van der Waals surface area contributed by atoms with Gasteiger partial charge in [-0.25, -0.2) is 0 Å². The minimum atomic E-state index is 0.0112. The van der Waals surface area contributed by atoms with Gasteiger partial charge in [0.15, 0.2) is 0 Å². The number of nitrogens with one attached hydrogen (secondary N) is 1. The van der Waals surface area contributed by atoms with Crippen molar-refractivity contribution in [2.24, 2.45) is 5.92 Å². The second-order valence-corrected chi connectivity index (χ2v) is 7.82. The number of benzene rings is 1. The summed E-state index contributed by atoms with van der Waals surface area (Å²) in [6, 6.07) is 12.3. The largest absolute Gasteiger partial charge is 0.495 e. The Bertz CT molecular complexity index is 796. The van der Waals surface area contributed by atoms with Crippen molar-refractivity contribution in [3.05, 3.63) is 47.9 Å². The highest BCUT2D eigenvalue weighted by atomic mass is 16.5. The molecule has 1 aromatic carbocycles. The molecule has 27 heavy (non-hydrogen) atoms. The van der Waals surface area contributed by atoms with E-state index in [4.69, 9.17) is 9.15 Å². The molecule has 1 aromatic heterocycles. The van der Waals surface area contributed by atoms with E-state index in [1.807, 2.05) is 24.3 Å². The van der Waals surface area contributed by atoms with Crippen LogP contribution < -0.4 is 10.1 Å². The van der Waals surface area contributed by atoms with Gasteiger partial charge in [-0.3, -0.25) is 9.69 Å². The van der Waals surface area contributed by atoms with Gasteiger partial charge >= 0.3 is 0 Å². The van der Waals surface area contributed by atoms with E-state index in [-0.39, 0.29) is 5.91 Å². The molecule has 0 spiro atoms. The molecule has 144 valence electrons. The third-order valence-electron chi connectivity index (χ3n) is 5.59. The van der Waals surface area contributed by atoms with Crippen LogP contribution in [0.3, 0.4) is 0 Å². The Labute approximate surface area is 160 Å². The van der Waals surface area contributed by atoms with Gasteiger partial charge in [0, 0.05) is 24.9 Å². The molecule has 0 radical (unpaired) electrons. The second kappa shape index (κ2) is 7.77. The van der Waals surface area contributed by atoms with Gasteiger partial charge in [-0.15, -0.1) is 0 Å². The van der Waals surface area contributed by atoms with E-state index in [9.17, 15) is 4.79 Å². The zero-order valence-electron chi connectivity index (χ0n) is 16.1. The van der Waals surface area contributed by atoms with Gasteiger partial charge in [0.25, 0.3) is 0 Å². The quantitative estimate of drug-likeness (QED) is 0.712. The van der Waals surface area contributed by atoms with E-state index in [0.29, 0.717) is 24.1 Å². The van der Waals surface area contributed by atoms with Crippen LogP contribution >= 0.6 is 0 Å². The molecule has 0 saturated heterocycles. The van der Waals surface area contributed by atoms with Gasteiger partial charge in [-0.1, -0.05) is 19.1 Å². The van der Waals surface area contributed by atoms with Crippen LogP contribution in [0, 0.1) is 5.92 Å². The number of anilines is 1. The molecule has 1 N–H and O–H groups in total. The Hall–Kier alpha value is -2.27. The van der Waals surface area contributed by atoms with Gasteiger partial charge in [0.1, 0.15) is 17.3 Å². The van der Waals surface area contributed by atoms with E-state index < -0.39 is 0 Å². The van der Waals surface area contributed by atoms with Crippen molar-refractivity contribution in [1.29, 1.82) is 0 Å². The van der Waals surface area contributed by atoms with Crippen molar-refractivity contribution in [2.45, 2.75) is 51.1 Å². The van der Waals surface area contributed by atoms with Crippen molar-refractivity contribution >= 4 is 11.6 Å². The molecule has 0 aliphatic heterocycles. The highest BCUT2D eigenvalue weighted by Gasteiger charge is 2.37. The number of carbonyl (C=O) groups is 1. The van der Waals surface area contributed by atoms with Crippen molar-refractivity contribution in [1.82, 2.24) is 4.90 Å². The molecule has 5 heteroatoms. The highest BCUT2D eigenvalue weighted by molar-refractivity contribution is 5.92. The Kier molecular flexibility index (Phi) is 5.21. The zero-order chi connectivity index (χ0) is 18.8. The maximum atomic E-state index is 12.4. The molecular formula is C22H28N2O3. The lowest BCUT2D eigenvalue weighted by Crippen LogP contribution is -2.29. The Balaban J connectivity index is 1.31. The summed E-state index contributed by atoms with van der Waals surface area (Å²) in [6.45, 7) is 3.79. The predicted molar refractivity (Wildman–Crippen MR) is 105 cm³/mol. The first kappa shape index (κ1) is 18.1. The normalized spacial score (nSPS) is 21.3. The summed E-state index contributed by atoms with van der Waals surface area (Å²) in [5.41, 5.74) is 0.720. The van der Waals surface area contributed by atoms with Gasteiger partial charge < -0.3 is 14.5 Å². The molecule has 2 aliphatic carbocycles. The average Bonchev–Trinajstić information content (AvgIpc) is 3.59. The lowest BCUT2D eigenvalue weighted by atomic mass is 10.2. The smallest absolute Gasteiger partial charge is 0.225 e. The van der Waals surface area contributed by atoms with E-state index in [1.165, 1.54) is 19.3 Å². The third kappa shape index (κ3) is 4.53. The number of hydrogen-bond donors (Lipinski definition) is 1. The SMILES string of the molecule is COc1ccccc1NC(=O)CCN(Cc1ccc(C2CC2C)o1)C1CC1. The fraction of sp³-hybridized carbons (Fsp3) is 0.500. The number of hydrogen-bond acceptors (Lipinski definition) is 4. The summed E-state index contributed by atoms with van der Waals surface area (Å²) >= 11 is 0. The molecule has 5 nitrogen and oxygen atoms in total. The summed E-state index contributed by atoms with van der Waals surface area (Å²) in [7, 11) is 1.61. The van der Waals surface area contributed by atoms with Crippen LogP contribution in [0.4, 0.5) is 5.69 Å². The van der Waals surface area contributed by atoms with Gasteiger partial charge in [0.05, 0.1) is 19.3 Å². The first-order valence-corrected chi connectivity index (χ1v) is 9.89. The molecule has 1 heterocycles. The van der Waals surface area contributed by atoms with Crippen molar-refractivity contribution in [3.8, 4) is 5.75 Å². The number of furan rings is 1. The fourth-order valence-corrected chi connectivity index (χ4v) is 3.63. The molecule has 0 bridgehead atoms. The van der Waals surface area contributed by atoms with Gasteiger partial charge in [0.2, 0.25) is 5.91 Å². The van der Waals surface area contributed by atoms with Crippen LogP contribution in [0.2, 0.25) is 0 Å². The number of ether oxygens (including phenoxy) is 1. The maximum Gasteiger partial charge on any atom is 0.225 e. The van der Waals surface area contributed by atoms with Crippen molar-refractivity contribution < 1.29 is 13.9 Å². The Morgan fingerprint density at radius 1 is 1.26 bits per heavy atom. The second-order valence-electron chi connectivity index (χ2n) is 7.82. The standard InChI is InChI=1S/C22H28N2O3/c1-15-13-18(15)20-10-9-17(27-20)14-24(16-7-8-16)12-11-22(25)23-19-5-3-4-6-21(19)26-2/h3-6,9-10,15-16,18H,7-8,11-14H2,1-2H3,(H,23,25). The number of para-hydroxylation sites is 2. The molecule has 2 saturated carbocycles. The minimum Gasteiger partial charge on any atom is -0.495 e. The monoisotopic (exact) mass is 368 g/mol. The molecule has 2 aromatic rings. The number of carbonyl (C=O) groups excluding carboxylic acids is 1. The van der Waals surface area contributed by atoms with Gasteiger partial charge in [-0.05, 0) is 49.4 Å². The van der Waals surface area contributed by atoms with E-state index in [0.717, 1.165) is 36.2 Å². The highest BCUT2D eigenvalue weighted by Crippen LogP contribution is 2.47. The lowest BCUT2D eigenvalue weighted by Gasteiger charge is -2.20. The zero-order valence-corrected chi connectivity index (χ0v) is 16.1. The van der Waals surface area contributed by atoms with Crippen LogP contribution in [-0.2, 0) is 11.3 Å². The predicted octanol–water partition coefficient (Wildman–Crippen LogP) is 4.40. The van der Waals surface area contributed by atoms with E-state index in [1.54, 1.807) is 7.11 Å². The van der Waals surface area contributed by atoms with Gasteiger partial charge in [-0.2, -0.15) is 0 Å². The number of nitrogens with zero attached hydrogens (tertiary/aromatic N) is 1. The summed E-state index contributed by atoms with van der Waals surface area (Å²) in [6.07, 6.45) is 4.12. The first-order valence-electron chi connectivity index (χ1n) is 9.89. The fourth-order valence-electron chi connectivity index (χ4n) is 3.63. The van der Waals surface area contributed by atoms with E-state index >= 15 is 0 Å². The minimum absolute atomic E-state index is 0.0112. The van der Waals surface area contributed by atoms with Crippen LogP contribution in [0.25, 0.3) is 0 Å². The molecule has 2 atom stereocenters. The van der Waals surface area contributed by atoms with Crippen LogP contribution in [0.5, 0.6) is 5.75 Å². The molecule has 2 unspecified atom stereocenters. The molecule has 2 fully saturated rings. The number of methoxy groups -OCH3 is 1. The third-order valence-corrected chi connectivity index (χ3v) is 5.59. The Morgan fingerprint density at radius 2 is 2.04 bits per heavy atom. The molecular weight excluding hydrogens is 340 g/mol. The summed E-state index contributed by atoms with van der Waals surface area (Å²) in [5.74, 6) is 4.20. The van der Waals surface area contributed by atoms with Crippen LogP contribution in [0.1, 0.15) is 50.0 Å². The lowest BCUT2D eigenvalue weighted by molar-refractivity contribution is -0.116. The topological polar surface area (TPSA) is 54.7 Å². The number of amides is 1. The molecule has 4 rings (SSSR count). The average molecular weight is 368 g/mol. The molecule has 1 amide bonds.